The summed E-state index contributed by atoms with van der Waals surface area (Å²) >= 11 is 0. The summed E-state index contributed by atoms with van der Waals surface area (Å²) in [6.07, 6.45) is 1.11. The van der Waals surface area contributed by atoms with Crippen molar-refractivity contribution in [2.45, 2.75) is 33.1 Å². The molecule has 0 aromatic heterocycles. The van der Waals surface area contributed by atoms with Gasteiger partial charge in [0.05, 0.1) is 26.2 Å². The van der Waals surface area contributed by atoms with Crippen LogP contribution in [0.2, 0.25) is 0 Å². The summed E-state index contributed by atoms with van der Waals surface area (Å²) in [6, 6.07) is 16.0. The Hall–Kier alpha value is -2.66. The molecule has 5 nitrogen and oxygen atoms in total. The van der Waals surface area contributed by atoms with E-state index >= 15 is 0 Å². The van der Waals surface area contributed by atoms with Crippen LogP contribution in [0.1, 0.15) is 49.0 Å². The Morgan fingerprint density at radius 2 is 1.66 bits per heavy atom. The van der Waals surface area contributed by atoms with Gasteiger partial charge in [-0.25, -0.2) is 0 Å². The molecule has 0 bridgehead atoms. The molecule has 154 valence electrons. The van der Waals surface area contributed by atoms with E-state index in [-0.39, 0.29) is 11.7 Å². The van der Waals surface area contributed by atoms with Crippen LogP contribution in [-0.4, -0.2) is 44.4 Å². The lowest BCUT2D eigenvalue weighted by atomic mass is 9.99. The zero-order valence-electron chi connectivity index (χ0n) is 17.7. The van der Waals surface area contributed by atoms with Crippen molar-refractivity contribution >= 4 is 23.1 Å². The molecule has 29 heavy (non-hydrogen) atoms. The van der Waals surface area contributed by atoms with Crippen LogP contribution in [0.15, 0.2) is 48.5 Å². The Morgan fingerprint density at radius 1 is 1.03 bits per heavy atom. The number of ketones is 1. The van der Waals surface area contributed by atoms with E-state index in [4.69, 9.17) is 0 Å². The van der Waals surface area contributed by atoms with Gasteiger partial charge in [0.1, 0.15) is 0 Å². The van der Waals surface area contributed by atoms with Crippen molar-refractivity contribution in [2.24, 2.45) is 0 Å². The standard InChI is InChI=1S/C24H31N3O2/c1-4-18(2)20-5-9-22(10-6-20)25-24(29)17-26-13-15-27(16-14-26)23-11-7-21(8-12-23)19(3)28/h5-12,18H,4,13-17H2,1-3H3,(H,25,29)/p+1/t18-/m1/s1. The number of Topliss-reactive ketones (excluding diaryl/α,β-unsaturated/α-hetero) is 1. The van der Waals surface area contributed by atoms with Crippen LogP contribution in [0.5, 0.6) is 0 Å². The summed E-state index contributed by atoms with van der Waals surface area (Å²) in [4.78, 5) is 27.5. The maximum absolute atomic E-state index is 12.4. The van der Waals surface area contributed by atoms with Crippen molar-refractivity contribution in [1.82, 2.24) is 0 Å². The van der Waals surface area contributed by atoms with Gasteiger partial charge in [-0.1, -0.05) is 26.0 Å². The van der Waals surface area contributed by atoms with Crippen molar-refractivity contribution in [3.05, 3.63) is 59.7 Å². The van der Waals surface area contributed by atoms with E-state index in [1.807, 2.05) is 36.4 Å². The van der Waals surface area contributed by atoms with Crippen LogP contribution >= 0.6 is 0 Å². The Labute approximate surface area is 173 Å². The van der Waals surface area contributed by atoms with Crippen molar-refractivity contribution in [1.29, 1.82) is 0 Å². The molecule has 1 amide bonds. The molecule has 1 saturated heterocycles. The minimum atomic E-state index is 0.0653. The van der Waals surface area contributed by atoms with Gasteiger partial charge in [-0.2, -0.15) is 0 Å². The first-order chi connectivity index (χ1) is 14.0. The Balaban J connectivity index is 1.46. The number of quaternary nitrogens is 1. The van der Waals surface area contributed by atoms with E-state index in [0.717, 1.165) is 49.5 Å². The number of amides is 1. The van der Waals surface area contributed by atoms with Gasteiger partial charge in [0.2, 0.25) is 0 Å². The van der Waals surface area contributed by atoms with Crippen LogP contribution < -0.4 is 15.1 Å². The van der Waals surface area contributed by atoms with E-state index in [1.54, 1.807) is 6.92 Å². The number of anilines is 2. The van der Waals surface area contributed by atoms with Gasteiger partial charge in [0.15, 0.2) is 12.3 Å². The Bertz CT molecular complexity index is 822. The molecule has 1 atom stereocenters. The Kier molecular flexibility index (Phi) is 7.04. The summed E-state index contributed by atoms with van der Waals surface area (Å²) in [5.41, 5.74) is 4.06. The third kappa shape index (κ3) is 5.67. The SMILES string of the molecule is CC[C@@H](C)c1ccc(NC(=O)C[NH+]2CCN(c3ccc(C(C)=O)cc3)CC2)cc1. The second-order valence-corrected chi connectivity index (χ2v) is 8.00. The normalized spacial score (nSPS) is 15.8. The summed E-state index contributed by atoms with van der Waals surface area (Å²) in [5.74, 6) is 0.695. The smallest absolute Gasteiger partial charge is 0.279 e. The molecule has 0 spiro atoms. The number of piperazine rings is 1. The lowest BCUT2D eigenvalue weighted by molar-refractivity contribution is -0.892. The molecule has 0 saturated carbocycles. The molecule has 2 aromatic rings. The average molecular weight is 395 g/mol. The number of hydrogen-bond donors (Lipinski definition) is 2. The van der Waals surface area contributed by atoms with Crippen LogP contribution in [-0.2, 0) is 4.79 Å². The molecule has 5 heteroatoms. The monoisotopic (exact) mass is 394 g/mol. The molecule has 2 aromatic carbocycles. The fourth-order valence-corrected chi connectivity index (χ4v) is 3.73. The highest BCUT2D eigenvalue weighted by Gasteiger charge is 2.22. The molecular weight excluding hydrogens is 362 g/mol. The summed E-state index contributed by atoms with van der Waals surface area (Å²) in [5, 5.41) is 3.03. The first-order valence-electron chi connectivity index (χ1n) is 10.6. The second kappa shape index (κ2) is 9.70. The zero-order chi connectivity index (χ0) is 20.8. The third-order valence-electron chi connectivity index (χ3n) is 5.90. The van der Waals surface area contributed by atoms with Gasteiger partial charge in [-0.3, -0.25) is 9.59 Å². The van der Waals surface area contributed by atoms with E-state index in [0.29, 0.717) is 12.5 Å². The van der Waals surface area contributed by atoms with Gasteiger partial charge in [0, 0.05) is 16.9 Å². The van der Waals surface area contributed by atoms with Crippen LogP contribution in [0, 0.1) is 0 Å². The van der Waals surface area contributed by atoms with Gasteiger partial charge >= 0.3 is 0 Å². The maximum Gasteiger partial charge on any atom is 0.279 e. The topological polar surface area (TPSA) is 53.9 Å². The highest BCUT2D eigenvalue weighted by molar-refractivity contribution is 5.94. The number of rotatable bonds is 7. The second-order valence-electron chi connectivity index (χ2n) is 8.00. The maximum atomic E-state index is 12.4. The quantitative estimate of drug-likeness (QED) is 0.710. The minimum Gasteiger partial charge on any atom is -0.360 e. The molecule has 1 fully saturated rings. The van der Waals surface area contributed by atoms with E-state index < -0.39 is 0 Å². The van der Waals surface area contributed by atoms with Crippen LogP contribution in [0.25, 0.3) is 0 Å². The summed E-state index contributed by atoms with van der Waals surface area (Å²) in [6.45, 7) is 10.1. The Morgan fingerprint density at radius 3 is 2.21 bits per heavy atom. The zero-order valence-corrected chi connectivity index (χ0v) is 17.7. The first kappa shape index (κ1) is 21.1. The molecule has 0 unspecified atom stereocenters. The largest absolute Gasteiger partial charge is 0.360 e. The molecular formula is C24H32N3O2+. The molecule has 0 radical (unpaired) electrons. The molecule has 1 aliphatic rings. The van der Waals surface area contributed by atoms with Crippen molar-refractivity contribution in [2.75, 3.05) is 42.9 Å². The van der Waals surface area contributed by atoms with Crippen molar-refractivity contribution in [3.63, 3.8) is 0 Å². The molecule has 0 aliphatic carbocycles. The summed E-state index contributed by atoms with van der Waals surface area (Å²) < 4.78 is 0. The molecule has 1 heterocycles. The number of nitrogens with one attached hydrogen (secondary N) is 2. The molecule has 3 rings (SSSR count). The minimum absolute atomic E-state index is 0.0653. The van der Waals surface area contributed by atoms with Crippen molar-refractivity contribution < 1.29 is 14.5 Å². The van der Waals surface area contributed by atoms with E-state index in [1.165, 1.54) is 10.5 Å². The average Bonchev–Trinajstić information content (AvgIpc) is 2.74. The van der Waals surface area contributed by atoms with Crippen LogP contribution in [0.4, 0.5) is 11.4 Å². The van der Waals surface area contributed by atoms with Crippen molar-refractivity contribution in [3.8, 4) is 0 Å². The highest BCUT2D eigenvalue weighted by Crippen LogP contribution is 2.20. The molecule has 1 aliphatic heterocycles. The number of carbonyl (C=O) groups excluding carboxylic acids is 2. The number of hydrogen-bond acceptors (Lipinski definition) is 3. The lowest BCUT2D eigenvalue weighted by Gasteiger charge is -2.33. The first-order valence-corrected chi connectivity index (χ1v) is 10.6. The highest BCUT2D eigenvalue weighted by atomic mass is 16.2. The van der Waals surface area contributed by atoms with Gasteiger partial charge in [-0.15, -0.1) is 0 Å². The van der Waals surface area contributed by atoms with E-state index in [9.17, 15) is 9.59 Å². The predicted octanol–water partition coefficient (Wildman–Crippen LogP) is 2.75. The number of carbonyl (C=O) groups is 2. The number of benzene rings is 2. The van der Waals surface area contributed by atoms with Gasteiger partial charge in [0.25, 0.3) is 5.91 Å². The fourth-order valence-electron chi connectivity index (χ4n) is 3.73. The number of nitrogens with zero attached hydrogens (tertiary/aromatic N) is 1. The van der Waals surface area contributed by atoms with E-state index in [2.05, 4.69) is 36.2 Å². The van der Waals surface area contributed by atoms with Gasteiger partial charge < -0.3 is 15.1 Å². The lowest BCUT2D eigenvalue weighted by Crippen LogP contribution is -3.15. The van der Waals surface area contributed by atoms with Crippen LogP contribution in [0.3, 0.4) is 0 Å². The van der Waals surface area contributed by atoms with Gasteiger partial charge in [-0.05, 0) is 61.2 Å². The molecule has 2 N–H and O–H groups in total. The third-order valence-corrected chi connectivity index (χ3v) is 5.90. The predicted molar refractivity (Wildman–Crippen MR) is 118 cm³/mol. The summed E-state index contributed by atoms with van der Waals surface area (Å²) in [7, 11) is 0. The fraction of sp³-hybridized carbons (Fsp3) is 0.417.